The summed E-state index contributed by atoms with van der Waals surface area (Å²) < 4.78 is 5.06. The van der Waals surface area contributed by atoms with E-state index in [-0.39, 0.29) is 18.9 Å². The summed E-state index contributed by atoms with van der Waals surface area (Å²) in [6.07, 6.45) is 3.15. The van der Waals surface area contributed by atoms with Crippen LogP contribution in [0.15, 0.2) is 0 Å². The fourth-order valence-corrected chi connectivity index (χ4v) is 2.19. The van der Waals surface area contributed by atoms with Crippen LogP contribution in [0.3, 0.4) is 0 Å². The van der Waals surface area contributed by atoms with Gasteiger partial charge in [0.05, 0.1) is 12.0 Å². The van der Waals surface area contributed by atoms with E-state index in [1.807, 2.05) is 0 Å². The summed E-state index contributed by atoms with van der Waals surface area (Å²) in [5, 5.41) is 13.4. The van der Waals surface area contributed by atoms with Crippen molar-refractivity contribution in [2.75, 3.05) is 19.6 Å². The van der Waals surface area contributed by atoms with Gasteiger partial charge in [0.1, 0.15) is 5.60 Å². The Hall–Kier alpha value is -0.703. The number of aliphatic carboxylic acids is 1. The van der Waals surface area contributed by atoms with E-state index in [4.69, 9.17) is 4.74 Å². The zero-order valence-electron chi connectivity index (χ0n) is 13.6. The van der Waals surface area contributed by atoms with Crippen LogP contribution < -0.4 is 29.3 Å². The smallest absolute Gasteiger partial charge is 0.548 e. The maximum Gasteiger partial charge on any atom is 1.00 e. The number of amides is 1. The summed E-state index contributed by atoms with van der Waals surface area (Å²) in [7, 11) is 0. The molecule has 1 heterocycles. The number of carbonyl (C=O) groups excluding carboxylic acids is 2. The van der Waals surface area contributed by atoms with Crippen molar-refractivity contribution in [3.63, 3.8) is 0 Å². The van der Waals surface area contributed by atoms with Crippen LogP contribution in [0.5, 0.6) is 0 Å². The van der Waals surface area contributed by atoms with Gasteiger partial charge in [-0.3, -0.25) is 0 Å². The molecule has 0 aromatic rings. The Labute approximate surface area is 138 Å². The van der Waals surface area contributed by atoms with Gasteiger partial charge in [0, 0.05) is 6.54 Å². The molecule has 6 nitrogen and oxygen atoms in total. The third-order valence-electron chi connectivity index (χ3n) is 3.16. The molecule has 0 spiro atoms. The fourth-order valence-electron chi connectivity index (χ4n) is 2.19. The van der Waals surface area contributed by atoms with Crippen LogP contribution in [-0.2, 0) is 9.53 Å². The van der Waals surface area contributed by atoms with Crippen LogP contribution in [0.1, 0.15) is 46.5 Å². The second-order valence-electron chi connectivity index (χ2n) is 6.21. The van der Waals surface area contributed by atoms with Gasteiger partial charge in [0.15, 0.2) is 0 Å². The fraction of sp³-hybridized carbons (Fsp3) is 0.857. The molecule has 0 radical (unpaired) electrons. The standard InChI is InChI=1S/C14H26N2O4.Li/c1-14(2,3)20-13(19)15-11(12(17)18)7-10-16-8-5-4-6-9-16;/h11H,4-10H2,1-3H3,(H,15,19)(H,17,18);/q;+1/p-1/t11-;/m0./s1. The summed E-state index contributed by atoms with van der Waals surface area (Å²) in [5.74, 6) is -1.27. The molecule has 1 fully saturated rings. The zero-order chi connectivity index (χ0) is 15.2. The molecule has 1 saturated heterocycles. The average Bonchev–Trinajstić information content (AvgIpc) is 2.33. The van der Waals surface area contributed by atoms with E-state index < -0.39 is 23.7 Å². The molecule has 1 amide bonds. The summed E-state index contributed by atoms with van der Waals surface area (Å²) in [6, 6.07) is -1.01. The first-order valence-corrected chi connectivity index (χ1v) is 7.20. The third-order valence-corrected chi connectivity index (χ3v) is 3.16. The maximum absolute atomic E-state index is 11.6. The summed E-state index contributed by atoms with van der Waals surface area (Å²) in [6.45, 7) is 7.82. The minimum atomic E-state index is -1.27. The Morgan fingerprint density at radius 3 is 2.29 bits per heavy atom. The molecule has 1 aliphatic heterocycles. The molecule has 1 rings (SSSR count). The molecule has 116 valence electrons. The molecule has 0 saturated carbocycles. The van der Waals surface area contributed by atoms with Crippen LogP contribution in [-0.4, -0.2) is 48.2 Å². The summed E-state index contributed by atoms with van der Waals surface area (Å²) in [5.41, 5.74) is -0.645. The van der Waals surface area contributed by atoms with Crippen LogP contribution in [0, 0.1) is 0 Å². The number of likely N-dealkylation sites (tertiary alicyclic amines) is 1. The van der Waals surface area contributed by atoms with E-state index in [2.05, 4.69) is 10.2 Å². The Bertz CT molecular complexity index is 338. The monoisotopic (exact) mass is 292 g/mol. The molecule has 0 aromatic heterocycles. The molecule has 0 unspecified atom stereocenters. The number of rotatable bonds is 5. The van der Waals surface area contributed by atoms with Gasteiger partial charge >= 0.3 is 25.0 Å². The molecule has 1 N–H and O–H groups in total. The number of ether oxygens (including phenoxy) is 1. The first-order valence-electron chi connectivity index (χ1n) is 7.20. The van der Waals surface area contributed by atoms with Gasteiger partial charge in [0.25, 0.3) is 0 Å². The molecule has 7 heteroatoms. The van der Waals surface area contributed by atoms with E-state index in [0.717, 1.165) is 25.9 Å². The number of carboxylic acid groups (broad SMARTS) is 1. The van der Waals surface area contributed by atoms with Crippen LogP contribution in [0.2, 0.25) is 0 Å². The number of hydrogen-bond donors (Lipinski definition) is 1. The van der Waals surface area contributed by atoms with E-state index in [9.17, 15) is 14.7 Å². The largest absolute Gasteiger partial charge is 1.00 e. The Morgan fingerprint density at radius 2 is 1.81 bits per heavy atom. The summed E-state index contributed by atoms with van der Waals surface area (Å²) in [4.78, 5) is 24.9. The van der Waals surface area contributed by atoms with Gasteiger partial charge in [0.2, 0.25) is 0 Å². The van der Waals surface area contributed by atoms with Gasteiger partial charge in [-0.05, 0) is 53.1 Å². The summed E-state index contributed by atoms with van der Waals surface area (Å²) >= 11 is 0. The first kappa shape index (κ1) is 20.3. The van der Waals surface area contributed by atoms with Crippen molar-refractivity contribution < 1.29 is 38.3 Å². The molecule has 1 atom stereocenters. The van der Waals surface area contributed by atoms with E-state index in [1.165, 1.54) is 6.42 Å². The zero-order valence-corrected chi connectivity index (χ0v) is 13.6. The SMILES string of the molecule is CC(C)(C)OC(=O)N[C@@H](CCN1CCCCC1)C(=O)[O-].[Li+]. The minimum absolute atomic E-state index is 0. The van der Waals surface area contributed by atoms with Gasteiger partial charge in [-0.2, -0.15) is 0 Å². The Kier molecular flexibility index (Phi) is 9.03. The number of carbonyl (C=O) groups is 2. The predicted octanol–water partition coefficient (Wildman–Crippen LogP) is -2.49. The predicted molar refractivity (Wildman–Crippen MR) is 73.1 cm³/mol. The van der Waals surface area contributed by atoms with Crippen LogP contribution in [0.25, 0.3) is 0 Å². The van der Waals surface area contributed by atoms with Gasteiger partial charge < -0.3 is 24.9 Å². The topological polar surface area (TPSA) is 81.7 Å². The Balaban J connectivity index is 0.00000400. The van der Waals surface area contributed by atoms with Crippen LogP contribution in [0.4, 0.5) is 4.79 Å². The second-order valence-corrected chi connectivity index (χ2v) is 6.21. The molecular weight excluding hydrogens is 267 g/mol. The van der Waals surface area contributed by atoms with E-state index >= 15 is 0 Å². The van der Waals surface area contributed by atoms with Gasteiger partial charge in [-0.15, -0.1) is 0 Å². The van der Waals surface area contributed by atoms with Crippen molar-refractivity contribution in [3.8, 4) is 0 Å². The third kappa shape index (κ3) is 9.02. The van der Waals surface area contributed by atoms with Crippen molar-refractivity contribution in [2.24, 2.45) is 0 Å². The van der Waals surface area contributed by atoms with Crippen LogP contribution >= 0.6 is 0 Å². The number of piperidine rings is 1. The molecular formula is C14H25LiN2O4. The van der Waals surface area contributed by atoms with Gasteiger partial charge in [-0.25, -0.2) is 4.79 Å². The van der Waals surface area contributed by atoms with E-state index in [0.29, 0.717) is 13.0 Å². The number of carboxylic acids is 1. The van der Waals surface area contributed by atoms with Crippen molar-refractivity contribution >= 4 is 12.1 Å². The van der Waals surface area contributed by atoms with Crippen molar-refractivity contribution in [2.45, 2.75) is 58.1 Å². The number of hydrogen-bond acceptors (Lipinski definition) is 5. The van der Waals surface area contributed by atoms with E-state index in [1.54, 1.807) is 20.8 Å². The van der Waals surface area contributed by atoms with Crippen molar-refractivity contribution in [1.82, 2.24) is 10.2 Å². The molecule has 0 aromatic carbocycles. The molecule has 0 aliphatic carbocycles. The quantitative estimate of drug-likeness (QED) is 0.567. The maximum atomic E-state index is 11.6. The second kappa shape index (κ2) is 9.34. The molecule has 21 heavy (non-hydrogen) atoms. The van der Waals surface area contributed by atoms with Crippen molar-refractivity contribution in [3.05, 3.63) is 0 Å². The number of alkyl carbamates (subject to hydrolysis) is 1. The number of nitrogens with one attached hydrogen (secondary N) is 1. The van der Waals surface area contributed by atoms with Gasteiger partial charge in [-0.1, -0.05) is 6.42 Å². The molecule has 1 aliphatic rings. The molecule has 0 bridgehead atoms. The van der Waals surface area contributed by atoms with Crippen molar-refractivity contribution in [1.29, 1.82) is 0 Å². The number of nitrogens with zero attached hydrogens (tertiary/aromatic N) is 1. The average molecular weight is 292 g/mol. The first-order chi connectivity index (χ1) is 9.28. The normalized spacial score (nSPS) is 17.5. The Morgan fingerprint density at radius 1 is 1.24 bits per heavy atom. The minimum Gasteiger partial charge on any atom is -0.548 e.